The molecule has 2 N–H and O–H groups in total. The van der Waals surface area contributed by atoms with E-state index in [2.05, 4.69) is 29.6 Å². The molecule has 0 spiro atoms. The van der Waals surface area contributed by atoms with E-state index in [1.54, 1.807) is 10.9 Å². The van der Waals surface area contributed by atoms with Crippen LogP contribution in [0.15, 0.2) is 42.7 Å². The Morgan fingerprint density at radius 2 is 2.10 bits per heavy atom. The van der Waals surface area contributed by atoms with Gasteiger partial charge in [0.1, 0.15) is 0 Å². The molecule has 5 heteroatoms. The molecular weight excluding hydrogens is 264 g/mol. The first kappa shape index (κ1) is 15.3. The van der Waals surface area contributed by atoms with Crippen LogP contribution in [0.25, 0.3) is 5.69 Å². The van der Waals surface area contributed by atoms with Gasteiger partial charge in [0.2, 0.25) is 5.91 Å². The summed E-state index contributed by atoms with van der Waals surface area (Å²) in [6.07, 6.45) is 3.98. The molecule has 1 aromatic heterocycles. The van der Waals surface area contributed by atoms with Crippen LogP contribution in [0, 0.1) is 0 Å². The maximum atomic E-state index is 11.9. The summed E-state index contributed by atoms with van der Waals surface area (Å²) in [6, 6.07) is 10.1. The Labute approximate surface area is 125 Å². The van der Waals surface area contributed by atoms with Crippen molar-refractivity contribution in [2.75, 3.05) is 13.1 Å². The van der Waals surface area contributed by atoms with Gasteiger partial charge in [-0.3, -0.25) is 4.79 Å². The smallest absolute Gasteiger partial charge is 0.224 e. The molecule has 2 aromatic rings. The van der Waals surface area contributed by atoms with Crippen LogP contribution in [0.4, 0.5) is 0 Å². The van der Waals surface area contributed by atoms with Gasteiger partial charge < -0.3 is 10.6 Å². The van der Waals surface area contributed by atoms with Gasteiger partial charge >= 0.3 is 0 Å². The van der Waals surface area contributed by atoms with Crippen molar-refractivity contribution in [3.63, 3.8) is 0 Å². The van der Waals surface area contributed by atoms with Gasteiger partial charge in [-0.05, 0) is 31.2 Å². The number of hydrogen-bond acceptors (Lipinski definition) is 3. The second-order valence-corrected chi connectivity index (χ2v) is 5.07. The molecule has 0 aliphatic carbocycles. The highest BCUT2D eigenvalue weighted by atomic mass is 16.1. The Morgan fingerprint density at radius 3 is 2.81 bits per heavy atom. The molecule has 5 nitrogen and oxygen atoms in total. The van der Waals surface area contributed by atoms with Crippen molar-refractivity contribution in [2.24, 2.45) is 0 Å². The monoisotopic (exact) mass is 286 g/mol. The third kappa shape index (κ3) is 4.72. The number of nitrogens with one attached hydrogen (secondary N) is 2. The molecule has 0 saturated carbocycles. The van der Waals surface area contributed by atoms with Gasteiger partial charge in [0.15, 0.2) is 0 Å². The molecule has 0 unspecified atom stereocenters. The van der Waals surface area contributed by atoms with Gasteiger partial charge in [-0.1, -0.05) is 25.1 Å². The van der Waals surface area contributed by atoms with E-state index in [-0.39, 0.29) is 11.9 Å². The minimum absolute atomic E-state index is 0.0207. The summed E-state index contributed by atoms with van der Waals surface area (Å²) >= 11 is 0. The highest BCUT2D eigenvalue weighted by Gasteiger charge is 2.08. The van der Waals surface area contributed by atoms with Crippen LogP contribution in [-0.2, 0) is 11.2 Å². The first-order valence-corrected chi connectivity index (χ1v) is 7.28. The molecule has 1 heterocycles. The molecule has 0 aliphatic heterocycles. The van der Waals surface area contributed by atoms with Crippen molar-refractivity contribution in [3.05, 3.63) is 48.3 Å². The Bertz CT molecular complexity index is 565. The summed E-state index contributed by atoms with van der Waals surface area (Å²) in [7, 11) is 0. The Hall–Kier alpha value is -2.14. The van der Waals surface area contributed by atoms with Crippen molar-refractivity contribution in [2.45, 2.75) is 26.3 Å². The van der Waals surface area contributed by atoms with Crippen LogP contribution in [0.2, 0.25) is 0 Å². The van der Waals surface area contributed by atoms with Crippen LogP contribution in [-0.4, -0.2) is 34.8 Å². The minimum Gasteiger partial charge on any atom is -0.354 e. The highest BCUT2D eigenvalue weighted by Crippen LogP contribution is 2.07. The molecule has 112 valence electrons. The van der Waals surface area contributed by atoms with Crippen molar-refractivity contribution in [3.8, 4) is 5.69 Å². The van der Waals surface area contributed by atoms with Crippen molar-refractivity contribution in [1.82, 2.24) is 20.4 Å². The largest absolute Gasteiger partial charge is 0.354 e. The highest BCUT2D eigenvalue weighted by molar-refractivity contribution is 5.78. The number of carbonyl (C=O) groups is 1. The van der Waals surface area contributed by atoms with Gasteiger partial charge in [-0.15, -0.1) is 0 Å². The lowest BCUT2D eigenvalue weighted by Crippen LogP contribution is -2.39. The Morgan fingerprint density at radius 1 is 1.33 bits per heavy atom. The third-order valence-electron chi connectivity index (χ3n) is 3.18. The number of para-hydroxylation sites is 1. The van der Waals surface area contributed by atoms with Crippen LogP contribution >= 0.6 is 0 Å². The van der Waals surface area contributed by atoms with Gasteiger partial charge in [-0.25, -0.2) is 4.68 Å². The number of hydrogen-bond donors (Lipinski definition) is 2. The first-order chi connectivity index (χ1) is 10.2. The fourth-order valence-corrected chi connectivity index (χ4v) is 2.11. The van der Waals surface area contributed by atoms with Crippen molar-refractivity contribution >= 4 is 5.91 Å². The molecule has 1 atom stereocenters. The van der Waals surface area contributed by atoms with E-state index < -0.39 is 0 Å². The third-order valence-corrected chi connectivity index (χ3v) is 3.18. The van der Waals surface area contributed by atoms with Crippen molar-refractivity contribution in [1.29, 1.82) is 0 Å². The van der Waals surface area contributed by atoms with Crippen LogP contribution in [0.1, 0.15) is 19.4 Å². The van der Waals surface area contributed by atoms with Gasteiger partial charge in [0.05, 0.1) is 18.3 Å². The second-order valence-electron chi connectivity index (χ2n) is 5.07. The number of likely N-dealkylation sites (N-methyl/N-ethyl adjacent to an activating group) is 1. The lowest BCUT2D eigenvalue weighted by atomic mass is 10.2. The van der Waals surface area contributed by atoms with Gasteiger partial charge in [0.25, 0.3) is 0 Å². The number of amides is 1. The van der Waals surface area contributed by atoms with E-state index in [1.165, 1.54) is 0 Å². The number of carbonyl (C=O) groups excluding carboxylic acids is 1. The van der Waals surface area contributed by atoms with E-state index in [1.807, 2.05) is 36.5 Å². The molecule has 0 aliphatic rings. The lowest BCUT2D eigenvalue weighted by Gasteiger charge is -2.12. The standard InChI is InChI=1S/C16H22N4O/c1-3-17-13(2)10-18-16(21)9-14-11-19-20(12-14)15-7-5-4-6-8-15/h4-8,11-13,17H,3,9-10H2,1-2H3,(H,18,21)/t13-/m1/s1. The number of rotatable bonds is 7. The quantitative estimate of drug-likeness (QED) is 0.811. The molecular formula is C16H22N4O. The number of benzene rings is 1. The average molecular weight is 286 g/mol. The molecule has 2 rings (SSSR count). The number of aromatic nitrogens is 2. The Kier molecular flexibility index (Phi) is 5.51. The zero-order valence-corrected chi connectivity index (χ0v) is 12.5. The Balaban J connectivity index is 1.86. The van der Waals surface area contributed by atoms with Crippen LogP contribution < -0.4 is 10.6 Å². The van der Waals surface area contributed by atoms with Crippen LogP contribution in [0.3, 0.4) is 0 Å². The van der Waals surface area contributed by atoms with Gasteiger partial charge in [-0.2, -0.15) is 5.10 Å². The molecule has 21 heavy (non-hydrogen) atoms. The maximum absolute atomic E-state index is 11.9. The van der Waals surface area contributed by atoms with Crippen LogP contribution in [0.5, 0.6) is 0 Å². The SMILES string of the molecule is CCN[C@H](C)CNC(=O)Cc1cnn(-c2ccccc2)c1. The molecule has 0 bridgehead atoms. The summed E-state index contributed by atoms with van der Waals surface area (Å²) in [4.78, 5) is 11.9. The maximum Gasteiger partial charge on any atom is 0.224 e. The second kappa shape index (κ2) is 7.59. The molecule has 1 aromatic carbocycles. The summed E-state index contributed by atoms with van der Waals surface area (Å²) in [5.41, 5.74) is 1.90. The number of nitrogens with zero attached hydrogens (tertiary/aromatic N) is 2. The summed E-state index contributed by atoms with van der Waals surface area (Å²) in [5.74, 6) is 0.0207. The van der Waals surface area contributed by atoms with Gasteiger partial charge in [0, 0.05) is 18.8 Å². The fourth-order valence-electron chi connectivity index (χ4n) is 2.11. The zero-order chi connectivity index (χ0) is 15.1. The van der Waals surface area contributed by atoms with E-state index in [4.69, 9.17) is 0 Å². The van der Waals surface area contributed by atoms with Crippen molar-refractivity contribution < 1.29 is 4.79 Å². The minimum atomic E-state index is 0.0207. The summed E-state index contributed by atoms with van der Waals surface area (Å²) in [5, 5.41) is 10.5. The topological polar surface area (TPSA) is 58.9 Å². The molecule has 0 fully saturated rings. The molecule has 1 amide bonds. The van der Waals surface area contributed by atoms with E-state index in [9.17, 15) is 4.79 Å². The predicted molar refractivity (Wildman–Crippen MR) is 83.4 cm³/mol. The zero-order valence-electron chi connectivity index (χ0n) is 12.5. The first-order valence-electron chi connectivity index (χ1n) is 7.28. The van der Waals surface area contributed by atoms with E-state index in [0.717, 1.165) is 17.8 Å². The molecule has 0 radical (unpaired) electrons. The summed E-state index contributed by atoms with van der Waals surface area (Å²) in [6.45, 7) is 5.65. The normalized spacial score (nSPS) is 12.1. The molecule has 0 saturated heterocycles. The fraction of sp³-hybridized carbons (Fsp3) is 0.375. The van der Waals surface area contributed by atoms with E-state index >= 15 is 0 Å². The summed E-state index contributed by atoms with van der Waals surface area (Å²) < 4.78 is 1.78. The predicted octanol–water partition coefficient (Wildman–Crippen LogP) is 1.53. The lowest BCUT2D eigenvalue weighted by molar-refractivity contribution is -0.120. The van der Waals surface area contributed by atoms with E-state index in [0.29, 0.717) is 13.0 Å². The average Bonchev–Trinajstić information content (AvgIpc) is 2.95.